The first-order valence-electron chi connectivity index (χ1n) is 9.03. The smallest absolute Gasteiger partial charge is 0.258 e. The van der Waals surface area contributed by atoms with Crippen molar-refractivity contribution in [1.82, 2.24) is 20.2 Å². The van der Waals surface area contributed by atoms with E-state index in [9.17, 15) is 4.79 Å². The molecule has 1 amide bonds. The molecule has 0 saturated heterocycles. The Morgan fingerprint density at radius 2 is 1.96 bits per heavy atom. The molecule has 1 saturated carbocycles. The molecule has 0 atom stereocenters. The molecule has 136 valence electrons. The summed E-state index contributed by atoms with van der Waals surface area (Å²) < 4.78 is 2.68. The van der Waals surface area contributed by atoms with Crippen molar-refractivity contribution in [3.8, 4) is 5.69 Å². The maximum atomic E-state index is 13.3. The minimum Gasteiger partial charge on any atom is -0.307 e. The second kappa shape index (κ2) is 5.99. The van der Waals surface area contributed by atoms with Crippen LogP contribution in [-0.2, 0) is 5.41 Å². The molecule has 0 bridgehead atoms. The topological polar surface area (TPSA) is 63.9 Å². The number of benzene rings is 2. The van der Waals surface area contributed by atoms with Gasteiger partial charge in [-0.15, -0.1) is 5.10 Å². The molecule has 2 aromatic carbocycles. The fourth-order valence-corrected chi connectivity index (χ4v) is 4.69. The summed E-state index contributed by atoms with van der Waals surface area (Å²) in [6.45, 7) is 2.74. The third-order valence-electron chi connectivity index (χ3n) is 5.88. The van der Waals surface area contributed by atoms with Crippen LogP contribution in [0.25, 0.3) is 5.69 Å². The van der Waals surface area contributed by atoms with Crippen LogP contribution in [0.4, 0.5) is 5.69 Å². The summed E-state index contributed by atoms with van der Waals surface area (Å²) >= 11 is 3.59. The van der Waals surface area contributed by atoms with Crippen molar-refractivity contribution in [2.24, 2.45) is 0 Å². The number of aromatic nitrogens is 4. The molecule has 0 N–H and O–H groups in total. The number of rotatable bonds is 2. The number of halogens is 1. The van der Waals surface area contributed by atoms with E-state index in [-0.39, 0.29) is 11.3 Å². The minimum atomic E-state index is 0.0497. The summed E-state index contributed by atoms with van der Waals surface area (Å²) in [4.78, 5) is 15.3. The van der Waals surface area contributed by atoms with Crippen molar-refractivity contribution in [2.75, 3.05) is 11.4 Å². The number of carbonyl (C=O) groups is 1. The number of nitrogens with zero attached hydrogens (tertiary/aromatic N) is 5. The number of tetrazole rings is 1. The average Bonchev–Trinajstić information content (AvgIpc) is 3.26. The van der Waals surface area contributed by atoms with Gasteiger partial charge in [-0.3, -0.25) is 4.79 Å². The Labute approximate surface area is 165 Å². The van der Waals surface area contributed by atoms with Crippen LogP contribution in [0, 0.1) is 6.92 Å². The van der Waals surface area contributed by atoms with Crippen molar-refractivity contribution < 1.29 is 4.79 Å². The maximum Gasteiger partial charge on any atom is 0.258 e. The molecule has 3 aromatic rings. The Morgan fingerprint density at radius 1 is 1.15 bits per heavy atom. The third kappa shape index (κ3) is 2.52. The first kappa shape index (κ1) is 16.6. The number of fused-ring (bicyclic) bond motifs is 2. The number of hydrogen-bond donors (Lipinski definition) is 0. The fraction of sp³-hybridized carbons (Fsp3) is 0.300. The van der Waals surface area contributed by atoms with E-state index >= 15 is 0 Å². The van der Waals surface area contributed by atoms with Gasteiger partial charge in [0.25, 0.3) is 5.91 Å². The van der Waals surface area contributed by atoms with Crippen molar-refractivity contribution in [3.05, 3.63) is 63.9 Å². The molecule has 0 radical (unpaired) electrons. The van der Waals surface area contributed by atoms with Crippen LogP contribution < -0.4 is 4.90 Å². The Bertz CT molecular complexity index is 1040. The SMILES string of the molecule is Cc1cc(C(=O)N2CC3(CCC3)c3cc(Br)ccc32)ccc1-n1cnnn1. The number of amides is 1. The number of anilines is 1. The van der Waals surface area contributed by atoms with E-state index in [0.29, 0.717) is 5.56 Å². The third-order valence-corrected chi connectivity index (χ3v) is 6.37. The molecule has 0 unspecified atom stereocenters. The lowest BCUT2D eigenvalue weighted by atomic mass is 9.66. The minimum absolute atomic E-state index is 0.0497. The van der Waals surface area contributed by atoms with Crippen LogP contribution in [0.1, 0.15) is 40.7 Å². The zero-order valence-electron chi connectivity index (χ0n) is 14.9. The van der Waals surface area contributed by atoms with Crippen molar-refractivity contribution in [2.45, 2.75) is 31.6 Å². The van der Waals surface area contributed by atoms with Gasteiger partial charge in [0.05, 0.1) is 5.69 Å². The van der Waals surface area contributed by atoms with E-state index in [2.05, 4.69) is 43.6 Å². The van der Waals surface area contributed by atoms with E-state index in [1.54, 1.807) is 11.0 Å². The van der Waals surface area contributed by atoms with Gasteiger partial charge in [0.15, 0.2) is 0 Å². The van der Waals surface area contributed by atoms with E-state index in [1.807, 2.05) is 36.1 Å². The quantitative estimate of drug-likeness (QED) is 0.628. The Kier molecular flexibility index (Phi) is 3.69. The zero-order chi connectivity index (χ0) is 18.6. The van der Waals surface area contributed by atoms with E-state index < -0.39 is 0 Å². The Morgan fingerprint density at radius 3 is 2.63 bits per heavy atom. The average molecular weight is 424 g/mol. The first-order chi connectivity index (χ1) is 13.1. The fourth-order valence-electron chi connectivity index (χ4n) is 4.33. The molecule has 2 aliphatic rings. The van der Waals surface area contributed by atoms with Gasteiger partial charge in [-0.05, 0) is 77.7 Å². The lowest BCUT2D eigenvalue weighted by Crippen LogP contribution is -2.41. The van der Waals surface area contributed by atoms with E-state index in [0.717, 1.165) is 40.8 Å². The lowest BCUT2D eigenvalue weighted by molar-refractivity contribution is 0.0979. The van der Waals surface area contributed by atoms with Gasteiger partial charge in [0, 0.05) is 27.7 Å². The molecule has 1 fully saturated rings. The molecule has 1 aromatic heterocycles. The summed E-state index contributed by atoms with van der Waals surface area (Å²) in [5.74, 6) is 0.0497. The van der Waals surface area contributed by atoms with Crippen molar-refractivity contribution in [3.63, 3.8) is 0 Å². The van der Waals surface area contributed by atoms with Crippen LogP contribution in [-0.4, -0.2) is 32.7 Å². The molecule has 1 aliphatic carbocycles. The normalized spacial score (nSPS) is 17.0. The lowest BCUT2D eigenvalue weighted by Gasteiger charge is -2.39. The van der Waals surface area contributed by atoms with Crippen molar-refractivity contribution in [1.29, 1.82) is 0 Å². The highest BCUT2D eigenvalue weighted by Gasteiger charge is 2.48. The zero-order valence-corrected chi connectivity index (χ0v) is 16.5. The molecule has 7 heteroatoms. The standard InChI is InChI=1S/C20H18BrN5O/c1-13-9-14(3-5-17(13)26-12-22-23-24-26)19(27)25-11-20(7-2-8-20)16-10-15(21)4-6-18(16)25/h3-6,9-10,12H,2,7-8,11H2,1H3. The molecule has 6 nitrogen and oxygen atoms in total. The first-order valence-corrected chi connectivity index (χ1v) is 9.83. The Balaban J connectivity index is 1.51. The predicted molar refractivity (Wildman–Crippen MR) is 105 cm³/mol. The van der Waals surface area contributed by atoms with Gasteiger partial charge in [0.2, 0.25) is 0 Å². The number of hydrogen-bond acceptors (Lipinski definition) is 4. The van der Waals surface area contributed by atoms with Gasteiger partial charge in [-0.1, -0.05) is 22.4 Å². The molecule has 1 spiro atoms. The molecular formula is C20H18BrN5O. The van der Waals surface area contributed by atoms with Crippen LogP contribution in [0.2, 0.25) is 0 Å². The Hall–Kier alpha value is -2.54. The second-order valence-electron chi connectivity index (χ2n) is 7.44. The highest BCUT2D eigenvalue weighted by Crippen LogP contribution is 2.53. The van der Waals surface area contributed by atoms with Gasteiger partial charge in [-0.2, -0.15) is 0 Å². The van der Waals surface area contributed by atoms with Crippen LogP contribution in [0.5, 0.6) is 0 Å². The van der Waals surface area contributed by atoms with Gasteiger partial charge >= 0.3 is 0 Å². The molecule has 5 rings (SSSR count). The van der Waals surface area contributed by atoms with Crippen molar-refractivity contribution >= 4 is 27.5 Å². The summed E-state index contributed by atoms with van der Waals surface area (Å²) in [5, 5.41) is 11.3. The van der Waals surface area contributed by atoms with E-state index in [1.165, 1.54) is 12.0 Å². The molecule has 27 heavy (non-hydrogen) atoms. The van der Waals surface area contributed by atoms with Gasteiger partial charge < -0.3 is 4.90 Å². The second-order valence-corrected chi connectivity index (χ2v) is 8.36. The van der Waals surface area contributed by atoms with Gasteiger partial charge in [0.1, 0.15) is 6.33 Å². The highest BCUT2D eigenvalue weighted by atomic mass is 79.9. The van der Waals surface area contributed by atoms with Crippen LogP contribution >= 0.6 is 15.9 Å². The number of carbonyl (C=O) groups excluding carboxylic acids is 1. The van der Waals surface area contributed by atoms with Crippen LogP contribution in [0.15, 0.2) is 47.2 Å². The molecule has 2 heterocycles. The summed E-state index contributed by atoms with van der Waals surface area (Å²) in [6.07, 6.45) is 5.08. The monoisotopic (exact) mass is 423 g/mol. The summed E-state index contributed by atoms with van der Waals surface area (Å²) in [7, 11) is 0. The summed E-state index contributed by atoms with van der Waals surface area (Å²) in [6, 6.07) is 11.9. The maximum absolute atomic E-state index is 13.3. The molecular weight excluding hydrogens is 406 g/mol. The highest BCUT2D eigenvalue weighted by molar-refractivity contribution is 9.10. The van der Waals surface area contributed by atoms with Crippen LogP contribution in [0.3, 0.4) is 0 Å². The van der Waals surface area contributed by atoms with E-state index in [4.69, 9.17) is 0 Å². The predicted octanol–water partition coefficient (Wildman–Crippen LogP) is 3.82. The summed E-state index contributed by atoms with van der Waals surface area (Å²) in [5.41, 5.74) is 5.01. The van der Waals surface area contributed by atoms with Gasteiger partial charge in [-0.25, -0.2) is 4.68 Å². The largest absolute Gasteiger partial charge is 0.307 e. The number of aryl methyl sites for hydroxylation is 1. The molecule has 1 aliphatic heterocycles.